The molecule has 0 N–H and O–H groups in total. The van der Waals surface area contributed by atoms with E-state index in [4.69, 9.17) is 0 Å². The van der Waals surface area contributed by atoms with E-state index >= 15 is 0 Å². The fourth-order valence-corrected chi connectivity index (χ4v) is 2.84. The quantitative estimate of drug-likeness (QED) is 0.717. The van der Waals surface area contributed by atoms with Gasteiger partial charge in [0.15, 0.2) is 5.78 Å². The number of nitrogens with zero attached hydrogens (tertiary/aromatic N) is 3. The van der Waals surface area contributed by atoms with Crippen LogP contribution in [0.1, 0.15) is 30.4 Å². The highest BCUT2D eigenvalue weighted by molar-refractivity contribution is 5.80. The molecule has 0 saturated carbocycles. The van der Waals surface area contributed by atoms with Gasteiger partial charge >= 0.3 is 0 Å². The van der Waals surface area contributed by atoms with Crippen LogP contribution in [-0.4, -0.2) is 20.8 Å². The topological polar surface area (TPSA) is 64.8 Å². The number of rotatable bonds is 5. The molecule has 0 aliphatic rings. The number of hydrogen-bond acceptors (Lipinski definition) is 4. The lowest BCUT2D eigenvalue weighted by Gasteiger charge is -2.13. The number of carbonyl (C=O) groups excluding carboxylic acids is 1. The van der Waals surface area contributed by atoms with Crippen molar-refractivity contribution in [1.29, 1.82) is 0 Å². The van der Waals surface area contributed by atoms with Crippen molar-refractivity contribution in [3.63, 3.8) is 0 Å². The van der Waals surface area contributed by atoms with Gasteiger partial charge in [0.25, 0.3) is 5.56 Å². The number of carbonyl (C=O) groups is 1. The first kappa shape index (κ1) is 17.0. The standard InChI is InChI=1S/C19H18FN3O2/c1-12-7-8-15(17(20)9-12)13(2)10-14(24)11-23-19(25)16-5-3-4-6-18(16)21-22-23/h3-9,13H,10-11H2,1-2H3/t13-/m1/s1. The molecule has 0 bridgehead atoms. The van der Waals surface area contributed by atoms with Crippen LogP contribution in [0, 0.1) is 12.7 Å². The van der Waals surface area contributed by atoms with E-state index < -0.39 is 0 Å². The molecule has 0 unspecified atom stereocenters. The van der Waals surface area contributed by atoms with Crippen molar-refractivity contribution in [2.45, 2.75) is 32.7 Å². The van der Waals surface area contributed by atoms with Crippen molar-refractivity contribution in [2.24, 2.45) is 0 Å². The SMILES string of the molecule is Cc1ccc([C@H](C)CC(=O)Cn2nnc3ccccc3c2=O)c(F)c1. The van der Waals surface area contributed by atoms with Crippen LogP contribution in [0.2, 0.25) is 0 Å². The number of Topliss-reactive ketones (excluding diaryl/α,β-unsaturated/α-hetero) is 1. The van der Waals surface area contributed by atoms with Gasteiger partial charge in [-0.2, -0.15) is 0 Å². The Labute approximate surface area is 144 Å². The zero-order valence-corrected chi connectivity index (χ0v) is 14.1. The lowest BCUT2D eigenvalue weighted by molar-refractivity contribution is -0.120. The molecule has 1 heterocycles. The molecule has 0 radical (unpaired) electrons. The van der Waals surface area contributed by atoms with Gasteiger partial charge < -0.3 is 0 Å². The van der Waals surface area contributed by atoms with Crippen molar-refractivity contribution >= 4 is 16.7 Å². The molecule has 0 saturated heterocycles. The Kier molecular flexibility index (Phi) is 4.70. The average Bonchev–Trinajstić information content (AvgIpc) is 2.57. The third-order valence-electron chi connectivity index (χ3n) is 4.18. The number of hydrogen-bond donors (Lipinski definition) is 0. The summed E-state index contributed by atoms with van der Waals surface area (Å²) in [4.78, 5) is 24.7. The summed E-state index contributed by atoms with van der Waals surface area (Å²) in [7, 11) is 0. The van der Waals surface area contributed by atoms with Gasteiger partial charge in [-0.3, -0.25) is 9.59 Å². The molecule has 3 rings (SSSR count). The van der Waals surface area contributed by atoms with Gasteiger partial charge in [0, 0.05) is 6.42 Å². The first-order valence-electron chi connectivity index (χ1n) is 8.06. The highest BCUT2D eigenvalue weighted by Crippen LogP contribution is 2.23. The average molecular weight is 339 g/mol. The van der Waals surface area contributed by atoms with Crippen LogP contribution in [0.3, 0.4) is 0 Å². The molecule has 0 aliphatic carbocycles. The van der Waals surface area contributed by atoms with E-state index in [0.717, 1.165) is 10.2 Å². The van der Waals surface area contributed by atoms with E-state index in [1.807, 2.05) is 13.0 Å². The normalized spacial score (nSPS) is 12.3. The maximum absolute atomic E-state index is 14.0. The van der Waals surface area contributed by atoms with Crippen molar-refractivity contribution in [3.05, 3.63) is 69.8 Å². The molecular weight excluding hydrogens is 321 g/mol. The largest absolute Gasteiger partial charge is 0.298 e. The van der Waals surface area contributed by atoms with E-state index in [0.29, 0.717) is 16.5 Å². The van der Waals surface area contributed by atoms with Gasteiger partial charge in [-0.05, 0) is 42.2 Å². The Morgan fingerprint density at radius 2 is 2.00 bits per heavy atom. The fraction of sp³-hybridized carbons (Fsp3) is 0.263. The van der Waals surface area contributed by atoms with Gasteiger partial charge in [0.1, 0.15) is 17.9 Å². The highest BCUT2D eigenvalue weighted by atomic mass is 19.1. The van der Waals surface area contributed by atoms with Crippen molar-refractivity contribution in [3.8, 4) is 0 Å². The first-order valence-corrected chi connectivity index (χ1v) is 8.06. The predicted molar refractivity (Wildman–Crippen MR) is 93.0 cm³/mol. The van der Waals surface area contributed by atoms with E-state index in [9.17, 15) is 14.0 Å². The van der Waals surface area contributed by atoms with Crippen LogP contribution in [0.4, 0.5) is 4.39 Å². The molecule has 1 aromatic heterocycles. The van der Waals surface area contributed by atoms with Gasteiger partial charge in [-0.25, -0.2) is 9.07 Å². The lowest BCUT2D eigenvalue weighted by Crippen LogP contribution is -2.28. The van der Waals surface area contributed by atoms with E-state index in [1.165, 1.54) is 6.07 Å². The highest BCUT2D eigenvalue weighted by Gasteiger charge is 2.17. The van der Waals surface area contributed by atoms with E-state index in [1.54, 1.807) is 37.3 Å². The maximum Gasteiger partial charge on any atom is 0.278 e. The Hall–Kier alpha value is -2.89. The van der Waals surface area contributed by atoms with Gasteiger partial charge in [-0.15, -0.1) is 5.10 Å². The minimum atomic E-state index is -0.354. The number of halogens is 1. The second-order valence-electron chi connectivity index (χ2n) is 6.24. The molecule has 0 amide bonds. The third kappa shape index (κ3) is 3.63. The van der Waals surface area contributed by atoms with E-state index in [2.05, 4.69) is 10.3 Å². The summed E-state index contributed by atoms with van der Waals surface area (Å²) in [5.41, 5.74) is 1.47. The number of aryl methyl sites for hydroxylation is 1. The van der Waals surface area contributed by atoms with Gasteiger partial charge in [-0.1, -0.05) is 36.4 Å². The van der Waals surface area contributed by atoms with Gasteiger partial charge in [0.2, 0.25) is 0 Å². The Morgan fingerprint density at radius 3 is 2.76 bits per heavy atom. The van der Waals surface area contributed by atoms with E-state index in [-0.39, 0.29) is 36.0 Å². The smallest absolute Gasteiger partial charge is 0.278 e. The third-order valence-corrected chi connectivity index (χ3v) is 4.18. The molecule has 3 aromatic rings. The van der Waals surface area contributed by atoms with Crippen LogP contribution in [0.15, 0.2) is 47.3 Å². The fourth-order valence-electron chi connectivity index (χ4n) is 2.84. The molecule has 0 fully saturated rings. The Bertz CT molecular complexity index is 997. The summed E-state index contributed by atoms with van der Waals surface area (Å²) in [6.45, 7) is 3.43. The van der Waals surface area contributed by atoms with Crippen LogP contribution in [-0.2, 0) is 11.3 Å². The minimum Gasteiger partial charge on any atom is -0.298 e. The zero-order valence-electron chi connectivity index (χ0n) is 14.1. The summed E-state index contributed by atoms with van der Waals surface area (Å²) < 4.78 is 15.1. The van der Waals surface area contributed by atoms with Crippen LogP contribution >= 0.6 is 0 Å². The molecule has 6 heteroatoms. The maximum atomic E-state index is 14.0. The molecular formula is C19H18FN3O2. The van der Waals surface area contributed by atoms with Crippen LogP contribution in [0.25, 0.3) is 10.9 Å². The second kappa shape index (κ2) is 6.93. The molecule has 1 atom stereocenters. The molecule has 0 aliphatic heterocycles. The number of benzene rings is 2. The number of fused-ring (bicyclic) bond motifs is 1. The summed E-state index contributed by atoms with van der Waals surface area (Å²) in [6, 6.07) is 11.8. The second-order valence-corrected chi connectivity index (χ2v) is 6.24. The first-order chi connectivity index (χ1) is 12.0. The minimum absolute atomic E-state index is 0.126. The monoisotopic (exact) mass is 339 g/mol. The Morgan fingerprint density at radius 1 is 1.24 bits per heavy atom. The molecule has 0 spiro atoms. The number of ketones is 1. The van der Waals surface area contributed by atoms with Crippen LogP contribution < -0.4 is 5.56 Å². The number of aromatic nitrogens is 3. The summed E-state index contributed by atoms with van der Waals surface area (Å²) in [5, 5.41) is 8.19. The Balaban J connectivity index is 1.76. The van der Waals surface area contributed by atoms with Gasteiger partial charge in [0.05, 0.1) is 5.39 Å². The molecule has 128 valence electrons. The summed E-state index contributed by atoms with van der Waals surface area (Å²) in [6.07, 6.45) is 0.126. The summed E-state index contributed by atoms with van der Waals surface area (Å²) >= 11 is 0. The van der Waals surface area contributed by atoms with Crippen molar-refractivity contribution in [2.75, 3.05) is 0 Å². The molecule has 25 heavy (non-hydrogen) atoms. The van der Waals surface area contributed by atoms with Crippen molar-refractivity contribution < 1.29 is 9.18 Å². The summed E-state index contributed by atoms with van der Waals surface area (Å²) in [5.74, 6) is -0.792. The predicted octanol–water partition coefficient (Wildman–Crippen LogP) is 3.00. The van der Waals surface area contributed by atoms with Crippen LogP contribution in [0.5, 0.6) is 0 Å². The lowest BCUT2D eigenvalue weighted by atomic mass is 9.94. The molecule has 5 nitrogen and oxygen atoms in total. The van der Waals surface area contributed by atoms with Crippen molar-refractivity contribution in [1.82, 2.24) is 15.0 Å². The zero-order chi connectivity index (χ0) is 18.0. The molecule has 2 aromatic carbocycles.